The van der Waals surface area contributed by atoms with Gasteiger partial charge in [-0.05, 0) is 48.9 Å². The van der Waals surface area contributed by atoms with E-state index in [-0.39, 0.29) is 17.9 Å². The third kappa shape index (κ3) is 3.38. The highest BCUT2D eigenvalue weighted by molar-refractivity contribution is 5.92. The summed E-state index contributed by atoms with van der Waals surface area (Å²) in [7, 11) is 0. The maximum Gasteiger partial charge on any atom is 0.251 e. The second kappa shape index (κ2) is 6.71. The number of pyridine rings is 1. The van der Waals surface area contributed by atoms with E-state index in [2.05, 4.69) is 10.3 Å². The Morgan fingerprint density at radius 1 is 1.04 bits per heavy atom. The number of aromatic amines is 1. The van der Waals surface area contributed by atoms with Crippen LogP contribution >= 0.6 is 0 Å². The van der Waals surface area contributed by atoms with E-state index in [4.69, 9.17) is 0 Å². The van der Waals surface area contributed by atoms with Gasteiger partial charge in [-0.15, -0.1) is 0 Å². The van der Waals surface area contributed by atoms with E-state index >= 15 is 0 Å². The van der Waals surface area contributed by atoms with E-state index in [0.717, 1.165) is 27.7 Å². The van der Waals surface area contributed by atoms with Crippen molar-refractivity contribution in [3.05, 3.63) is 75.6 Å². The number of aromatic nitrogens is 1. The molecule has 1 heterocycles. The molecular weight excluding hydrogens is 300 g/mol. The van der Waals surface area contributed by atoms with Crippen molar-refractivity contribution in [1.29, 1.82) is 0 Å². The van der Waals surface area contributed by atoms with Crippen molar-refractivity contribution in [2.45, 2.75) is 26.7 Å². The van der Waals surface area contributed by atoms with Gasteiger partial charge >= 0.3 is 0 Å². The molecule has 0 aliphatic carbocycles. The van der Waals surface area contributed by atoms with Crippen LogP contribution in [0, 0.1) is 13.8 Å². The van der Waals surface area contributed by atoms with E-state index in [1.165, 1.54) is 0 Å². The van der Waals surface area contributed by atoms with E-state index in [0.29, 0.717) is 12.0 Å². The molecule has 3 aromatic rings. The summed E-state index contributed by atoms with van der Waals surface area (Å²) in [5.74, 6) is -0.0834. The molecule has 0 saturated heterocycles. The Morgan fingerprint density at radius 3 is 2.50 bits per heavy atom. The highest BCUT2D eigenvalue weighted by Gasteiger charge is 2.09. The first-order valence-electron chi connectivity index (χ1n) is 8.01. The Labute approximate surface area is 140 Å². The third-order valence-corrected chi connectivity index (χ3v) is 4.20. The number of aryl methyl sites for hydroxylation is 3. The minimum atomic E-state index is -0.131. The molecule has 0 fully saturated rings. The molecular formula is C20H20N2O2. The maximum absolute atomic E-state index is 12.2. The molecule has 0 unspecified atom stereocenters. The molecule has 4 nitrogen and oxygen atoms in total. The Hall–Kier alpha value is -2.88. The number of fused-ring (bicyclic) bond motifs is 1. The number of rotatable bonds is 4. The van der Waals surface area contributed by atoms with Gasteiger partial charge in [0.15, 0.2) is 0 Å². The summed E-state index contributed by atoms with van der Waals surface area (Å²) in [6.45, 7) is 3.94. The highest BCUT2D eigenvalue weighted by atomic mass is 16.1. The molecule has 2 N–H and O–H groups in total. The zero-order valence-electron chi connectivity index (χ0n) is 13.8. The molecule has 4 heteroatoms. The number of hydrogen-bond donors (Lipinski definition) is 2. The molecule has 1 aromatic heterocycles. The molecule has 0 atom stereocenters. The first-order valence-corrected chi connectivity index (χ1v) is 8.01. The lowest BCUT2D eigenvalue weighted by Gasteiger charge is -2.11. The zero-order chi connectivity index (χ0) is 17.1. The summed E-state index contributed by atoms with van der Waals surface area (Å²) in [5, 5.41) is 3.93. The predicted octanol–water partition coefficient (Wildman–Crippen LogP) is 3.72. The van der Waals surface area contributed by atoms with Crippen molar-refractivity contribution >= 4 is 22.5 Å². The molecule has 0 spiro atoms. The number of amides is 1. The molecule has 0 bridgehead atoms. The topological polar surface area (TPSA) is 62.0 Å². The molecule has 0 aliphatic rings. The second-order valence-electron chi connectivity index (χ2n) is 6.03. The average molecular weight is 320 g/mol. The standard InChI is InChI=1S/C20H20N2O2/c1-13-6-5-7-14(2)19(13)22-18(23)11-10-16-12-15-8-3-4-9-17(15)21-20(16)24/h3-9,12H,10-11H2,1-2H3,(H,21,24)(H,22,23). The zero-order valence-corrected chi connectivity index (χ0v) is 13.8. The van der Waals surface area contributed by atoms with Gasteiger partial charge in [-0.3, -0.25) is 9.59 Å². The van der Waals surface area contributed by atoms with Crippen LogP contribution in [0.3, 0.4) is 0 Å². The van der Waals surface area contributed by atoms with Gasteiger partial charge in [0.25, 0.3) is 5.56 Å². The smallest absolute Gasteiger partial charge is 0.251 e. The first-order chi connectivity index (χ1) is 11.5. The Bertz CT molecular complexity index is 937. The quantitative estimate of drug-likeness (QED) is 0.769. The van der Waals surface area contributed by atoms with Crippen molar-refractivity contribution < 1.29 is 4.79 Å². The van der Waals surface area contributed by atoms with Crippen molar-refractivity contribution in [3.63, 3.8) is 0 Å². The lowest BCUT2D eigenvalue weighted by Crippen LogP contribution is -2.18. The van der Waals surface area contributed by atoms with Crippen LogP contribution in [-0.4, -0.2) is 10.9 Å². The largest absolute Gasteiger partial charge is 0.326 e. The molecule has 1 amide bonds. The van der Waals surface area contributed by atoms with Crippen LogP contribution in [0.15, 0.2) is 53.3 Å². The van der Waals surface area contributed by atoms with Gasteiger partial charge in [-0.1, -0.05) is 36.4 Å². The van der Waals surface area contributed by atoms with Gasteiger partial charge in [0.2, 0.25) is 5.91 Å². The fourth-order valence-electron chi connectivity index (χ4n) is 2.84. The SMILES string of the molecule is Cc1cccc(C)c1NC(=O)CCc1cc2ccccc2[nH]c1=O. The summed E-state index contributed by atoms with van der Waals surface area (Å²) in [4.78, 5) is 27.2. The first kappa shape index (κ1) is 16.0. The van der Waals surface area contributed by atoms with Crippen LogP contribution in [0.25, 0.3) is 10.9 Å². The summed E-state index contributed by atoms with van der Waals surface area (Å²) in [6.07, 6.45) is 0.687. The number of anilines is 1. The molecule has 2 aromatic carbocycles. The fraction of sp³-hybridized carbons (Fsp3) is 0.200. The van der Waals surface area contributed by atoms with E-state index in [9.17, 15) is 9.59 Å². The van der Waals surface area contributed by atoms with Crippen molar-refractivity contribution in [1.82, 2.24) is 4.98 Å². The monoisotopic (exact) mass is 320 g/mol. The average Bonchev–Trinajstić information content (AvgIpc) is 2.56. The van der Waals surface area contributed by atoms with Gasteiger partial charge in [0.1, 0.15) is 0 Å². The summed E-state index contributed by atoms with van der Waals surface area (Å²) in [5.41, 5.74) is 4.24. The van der Waals surface area contributed by atoms with E-state index in [1.807, 2.05) is 62.4 Å². The number of carbonyl (C=O) groups excluding carboxylic acids is 1. The summed E-state index contributed by atoms with van der Waals surface area (Å²) < 4.78 is 0. The van der Waals surface area contributed by atoms with Crippen molar-refractivity contribution in [2.75, 3.05) is 5.32 Å². The summed E-state index contributed by atoms with van der Waals surface area (Å²) >= 11 is 0. The lowest BCUT2D eigenvalue weighted by molar-refractivity contribution is -0.116. The molecule has 0 saturated carbocycles. The van der Waals surface area contributed by atoms with Gasteiger partial charge in [-0.2, -0.15) is 0 Å². The lowest BCUT2D eigenvalue weighted by atomic mass is 10.1. The van der Waals surface area contributed by atoms with Crippen LogP contribution < -0.4 is 10.9 Å². The van der Waals surface area contributed by atoms with Gasteiger partial charge in [-0.25, -0.2) is 0 Å². The Kier molecular flexibility index (Phi) is 4.47. The number of H-pyrrole nitrogens is 1. The minimum absolute atomic E-state index is 0.0834. The predicted molar refractivity (Wildman–Crippen MR) is 97.4 cm³/mol. The number of nitrogens with one attached hydrogen (secondary N) is 2. The highest BCUT2D eigenvalue weighted by Crippen LogP contribution is 2.19. The summed E-state index contributed by atoms with van der Waals surface area (Å²) in [6, 6.07) is 15.4. The number of carbonyl (C=O) groups is 1. The van der Waals surface area contributed by atoms with Gasteiger partial charge in [0, 0.05) is 23.2 Å². The third-order valence-electron chi connectivity index (χ3n) is 4.20. The van der Waals surface area contributed by atoms with Crippen molar-refractivity contribution in [3.8, 4) is 0 Å². The van der Waals surface area contributed by atoms with E-state index < -0.39 is 0 Å². The number of benzene rings is 2. The molecule has 3 rings (SSSR count). The van der Waals surface area contributed by atoms with Crippen LogP contribution in [0.4, 0.5) is 5.69 Å². The Balaban J connectivity index is 1.73. The number of para-hydroxylation sites is 2. The van der Waals surface area contributed by atoms with Gasteiger partial charge < -0.3 is 10.3 Å². The molecule has 0 radical (unpaired) electrons. The van der Waals surface area contributed by atoms with Crippen LogP contribution in [0.5, 0.6) is 0 Å². The van der Waals surface area contributed by atoms with Crippen molar-refractivity contribution in [2.24, 2.45) is 0 Å². The Morgan fingerprint density at radius 2 is 1.75 bits per heavy atom. The van der Waals surface area contributed by atoms with Crippen LogP contribution in [-0.2, 0) is 11.2 Å². The second-order valence-corrected chi connectivity index (χ2v) is 6.03. The number of hydrogen-bond acceptors (Lipinski definition) is 2. The van der Waals surface area contributed by atoms with E-state index in [1.54, 1.807) is 0 Å². The van der Waals surface area contributed by atoms with Crippen LogP contribution in [0.1, 0.15) is 23.1 Å². The molecule has 24 heavy (non-hydrogen) atoms. The molecule has 0 aliphatic heterocycles. The normalized spacial score (nSPS) is 10.8. The van der Waals surface area contributed by atoms with Gasteiger partial charge in [0.05, 0.1) is 0 Å². The maximum atomic E-state index is 12.2. The minimum Gasteiger partial charge on any atom is -0.326 e. The molecule has 122 valence electrons. The van der Waals surface area contributed by atoms with Crippen LogP contribution in [0.2, 0.25) is 0 Å². The fourth-order valence-corrected chi connectivity index (χ4v) is 2.84.